The molecule has 3 rings (SSSR count). The van der Waals surface area contributed by atoms with Crippen molar-refractivity contribution in [3.05, 3.63) is 35.1 Å². The summed E-state index contributed by atoms with van der Waals surface area (Å²) in [6.07, 6.45) is 0.908. The third-order valence-corrected chi connectivity index (χ3v) is 3.46. The first-order valence-corrected chi connectivity index (χ1v) is 6.47. The molecule has 0 amide bonds. The highest BCUT2D eigenvalue weighted by Gasteiger charge is 2.35. The maximum Gasteiger partial charge on any atom is 0.351 e. The van der Waals surface area contributed by atoms with Gasteiger partial charge in [0.1, 0.15) is 23.9 Å². The lowest BCUT2D eigenvalue weighted by molar-refractivity contribution is -0.0458. The van der Waals surface area contributed by atoms with Crippen LogP contribution >= 0.6 is 0 Å². The molecule has 3 heterocycles. The van der Waals surface area contributed by atoms with E-state index in [9.17, 15) is 9.90 Å². The Morgan fingerprint density at radius 1 is 1.52 bits per heavy atom. The largest absolute Gasteiger partial charge is 0.464 e. The van der Waals surface area contributed by atoms with Crippen molar-refractivity contribution in [2.24, 2.45) is 0 Å². The number of aliphatic hydroxyl groups excluding tert-OH is 2. The van der Waals surface area contributed by atoms with Gasteiger partial charge >= 0.3 is 5.69 Å². The minimum Gasteiger partial charge on any atom is -0.464 e. The third-order valence-electron chi connectivity index (χ3n) is 3.46. The van der Waals surface area contributed by atoms with Gasteiger partial charge < -0.3 is 25.1 Å². The number of aromatic nitrogens is 2. The van der Waals surface area contributed by atoms with Gasteiger partial charge in [-0.2, -0.15) is 4.98 Å². The Hall–Kier alpha value is -2.16. The molecule has 4 N–H and O–H groups in total. The number of nitrogens with two attached hydrogens (primary N) is 1. The van der Waals surface area contributed by atoms with Crippen LogP contribution in [0.1, 0.15) is 12.6 Å². The van der Waals surface area contributed by atoms with E-state index in [0.29, 0.717) is 11.3 Å². The average molecular weight is 293 g/mol. The van der Waals surface area contributed by atoms with Crippen molar-refractivity contribution < 1.29 is 19.4 Å². The van der Waals surface area contributed by atoms with Gasteiger partial charge in [-0.3, -0.25) is 4.57 Å². The van der Waals surface area contributed by atoms with Crippen molar-refractivity contribution in [2.75, 3.05) is 12.3 Å². The van der Waals surface area contributed by atoms with Crippen LogP contribution in [0.5, 0.6) is 0 Å². The number of aliphatic hydroxyl groups is 2. The molecule has 112 valence electrons. The van der Waals surface area contributed by atoms with Gasteiger partial charge in [-0.1, -0.05) is 0 Å². The molecule has 0 radical (unpaired) electrons. The van der Waals surface area contributed by atoms with E-state index in [1.54, 1.807) is 12.1 Å². The first kappa shape index (κ1) is 13.8. The van der Waals surface area contributed by atoms with Gasteiger partial charge in [0.15, 0.2) is 0 Å². The van der Waals surface area contributed by atoms with E-state index >= 15 is 0 Å². The number of hydrogen-bond acceptors (Lipinski definition) is 7. The van der Waals surface area contributed by atoms with Gasteiger partial charge in [-0.25, -0.2) is 4.79 Å². The summed E-state index contributed by atoms with van der Waals surface area (Å²) < 4.78 is 12.0. The van der Waals surface area contributed by atoms with E-state index in [1.165, 1.54) is 17.0 Å². The van der Waals surface area contributed by atoms with Crippen LogP contribution in [-0.4, -0.2) is 38.6 Å². The maximum atomic E-state index is 12.0. The molecule has 2 aromatic rings. The van der Waals surface area contributed by atoms with Gasteiger partial charge in [0, 0.05) is 12.6 Å². The number of hydrogen-bond donors (Lipinski definition) is 3. The van der Waals surface area contributed by atoms with Crippen LogP contribution in [0.3, 0.4) is 0 Å². The highest BCUT2D eigenvalue weighted by Crippen LogP contribution is 2.30. The zero-order valence-electron chi connectivity index (χ0n) is 11.0. The Morgan fingerprint density at radius 2 is 2.33 bits per heavy atom. The topological polar surface area (TPSA) is 124 Å². The predicted octanol–water partition coefficient (Wildman–Crippen LogP) is -0.274. The van der Waals surface area contributed by atoms with Crippen LogP contribution in [-0.2, 0) is 4.74 Å². The number of anilines is 1. The summed E-state index contributed by atoms with van der Waals surface area (Å²) in [4.78, 5) is 15.7. The fourth-order valence-corrected chi connectivity index (χ4v) is 2.36. The zero-order chi connectivity index (χ0) is 15.0. The summed E-state index contributed by atoms with van der Waals surface area (Å²) >= 11 is 0. The van der Waals surface area contributed by atoms with Crippen molar-refractivity contribution in [1.82, 2.24) is 9.55 Å². The molecule has 8 heteroatoms. The second-order valence-electron chi connectivity index (χ2n) is 4.82. The molecule has 0 aliphatic carbocycles. The molecule has 0 unspecified atom stereocenters. The van der Waals surface area contributed by atoms with Crippen molar-refractivity contribution in [3.63, 3.8) is 0 Å². The van der Waals surface area contributed by atoms with Crippen LogP contribution in [0.2, 0.25) is 0 Å². The molecule has 2 aromatic heterocycles. The Balaban J connectivity index is 2.00. The zero-order valence-corrected chi connectivity index (χ0v) is 11.0. The molecule has 0 saturated carbocycles. The normalized spacial score (nSPS) is 25.3. The standard InChI is InChI=1S/C13H15N3O5/c14-12-7(9-2-1-3-20-9)5-16(13(19)15-12)11-4-8(18)10(6-17)21-11/h1-3,5,8,10-11,17-18H,4,6H2,(H2,14,15,19)/t8-,10+,11-/m0/s1. The SMILES string of the molecule is Nc1nc(=O)n([C@@H]2C[C@H](O)[C@@H](CO)O2)cc1-c1ccco1. The summed E-state index contributed by atoms with van der Waals surface area (Å²) in [5.41, 5.74) is 5.62. The van der Waals surface area contributed by atoms with Gasteiger partial charge in [0.25, 0.3) is 0 Å². The van der Waals surface area contributed by atoms with Crippen molar-refractivity contribution in [2.45, 2.75) is 24.9 Å². The first-order valence-electron chi connectivity index (χ1n) is 6.47. The minimum absolute atomic E-state index is 0.0588. The highest BCUT2D eigenvalue weighted by atomic mass is 16.5. The molecule has 21 heavy (non-hydrogen) atoms. The van der Waals surface area contributed by atoms with Gasteiger partial charge in [-0.05, 0) is 12.1 Å². The molecule has 0 bridgehead atoms. The Morgan fingerprint density at radius 3 is 2.95 bits per heavy atom. The average Bonchev–Trinajstić information content (AvgIpc) is 3.08. The summed E-state index contributed by atoms with van der Waals surface area (Å²) in [5, 5.41) is 18.9. The quantitative estimate of drug-likeness (QED) is 0.711. The van der Waals surface area contributed by atoms with Gasteiger partial charge in [0.2, 0.25) is 0 Å². The molecular formula is C13H15N3O5. The summed E-state index contributed by atoms with van der Waals surface area (Å²) in [6.45, 7) is -0.320. The van der Waals surface area contributed by atoms with Crippen LogP contribution in [0, 0.1) is 0 Å². The summed E-state index contributed by atoms with van der Waals surface area (Å²) in [6, 6.07) is 3.39. The maximum absolute atomic E-state index is 12.0. The number of nitrogens with zero attached hydrogens (tertiary/aromatic N) is 2. The molecule has 8 nitrogen and oxygen atoms in total. The lowest BCUT2D eigenvalue weighted by Crippen LogP contribution is -2.28. The van der Waals surface area contributed by atoms with E-state index in [2.05, 4.69) is 4.98 Å². The van der Waals surface area contributed by atoms with Gasteiger partial charge in [0.05, 0.1) is 24.5 Å². The Bertz CT molecular complexity index is 682. The smallest absolute Gasteiger partial charge is 0.351 e. The van der Waals surface area contributed by atoms with E-state index in [1.807, 2.05) is 0 Å². The van der Waals surface area contributed by atoms with Crippen LogP contribution < -0.4 is 11.4 Å². The van der Waals surface area contributed by atoms with Crippen molar-refractivity contribution >= 4 is 5.82 Å². The number of nitrogen functional groups attached to an aromatic ring is 1. The number of furan rings is 1. The van der Waals surface area contributed by atoms with Crippen molar-refractivity contribution in [3.8, 4) is 11.3 Å². The minimum atomic E-state index is -0.837. The Kier molecular flexibility index (Phi) is 3.50. The first-order chi connectivity index (χ1) is 10.1. The fourth-order valence-electron chi connectivity index (χ4n) is 2.36. The van der Waals surface area contributed by atoms with E-state index in [0.717, 1.165) is 0 Å². The second-order valence-corrected chi connectivity index (χ2v) is 4.82. The molecule has 0 spiro atoms. The number of rotatable bonds is 3. The molecule has 1 aliphatic rings. The van der Waals surface area contributed by atoms with E-state index in [4.69, 9.17) is 20.0 Å². The van der Waals surface area contributed by atoms with E-state index < -0.39 is 24.1 Å². The monoisotopic (exact) mass is 293 g/mol. The molecule has 1 aliphatic heterocycles. The third kappa shape index (κ3) is 2.44. The fraction of sp³-hybridized carbons (Fsp3) is 0.385. The van der Waals surface area contributed by atoms with Crippen LogP contribution in [0.4, 0.5) is 5.82 Å². The predicted molar refractivity (Wildman–Crippen MR) is 72.2 cm³/mol. The second kappa shape index (κ2) is 5.32. The van der Waals surface area contributed by atoms with Crippen LogP contribution in [0.15, 0.2) is 33.8 Å². The van der Waals surface area contributed by atoms with Crippen LogP contribution in [0.25, 0.3) is 11.3 Å². The van der Waals surface area contributed by atoms with Gasteiger partial charge in [-0.15, -0.1) is 0 Å². The van der Waals surface area contributed by atoms with E-state index in [-0.39, 0.29) is 18.8 Å². The summed E-state index contributed by atoms with van der Waals surface area (Å²) in [5.74, 6) is 0.537. The molecule has 3 atom stereocenters. The molecule has 0 aromatic carbocycles. The number of ether oxygens (including phenoxy) is 1. The highest BCUT2D eigenvalue weighted by molar-refractivity contribution is 5.68. The molecule has 1 saturated heterocycles. The Labute approximate surface area is 119 Å². The summed E-state index contributed by atoms with van der Waals surface area (Å²) in [7, 11) is 0. The molecular weight excluding hydrogens is 278 g/mol. The lowest BCUT2D eigenvalue weighted by Gasteiger charge is -2.15. The van der Waals surface area contributed by atoms with Crippen molar-refractivity contribution in [1.29, 1.82) is 0 Å². The lowest BCUT2D eigenvalue weighted by atomic mass is 10.2. The molecule has 1 fully saturated rings.